The van der Waals surface area contributed by atoms with Crippen molar-refractivity contribution < 1.29 is 4.52 Å². The van der Waals surface area contributed by atoms with Crippen LogP contribution in [-0.4, -0.2) is 22.7 Å². The molecule has 2 rings (SSSR count). The van der Waals surface area contributed by atoms with Crippen molar-refractivity contribution in [1.82, 2.24) is 15.5 Å². The normalized spacial score (nSPS) is 24.4. The highest BCUT2D eigenvalue weighted by Crippen LogP contribution is 2.36. The minimum absolute atomic E-state index is 0.415. The zero-order valence-electron chi connectivity index (χ0n) is 14.1. The van der Waals surface area contributed by atoms with Gasteiger partial charge in [0.25, 0.3) is 0 Å². The molecule has 1 aromatic heterocycles. The maximum Gasteiger partial charge on any atom is 0.228 e. The van der Waals surface area contributed by atoms with Crippen molar-refractivity contribution in [3.8, 4) is 0 Å². The van der Waals surface area contributed by atoms with Crippen molar-refractivity contribution in [2.24, 2.45) is 11.8 Å². The van der Waals surface area contributed by atoms with Crippen LogP contribution in [0.1, 0.15) is 77.4 Å². The van der Waals surface area contributed by atoms with Gasteiger partial charge < -0.3 is 9.84 Å². The predicted molar refractivity (Wildman–Crippen MR) is 85.3 cm³/mol. The predicted octanol–water partition coefficient (Wildman–Crippen LogP) is 3.93. The second kappa shape index (κ2) is 7.92. The molecule has 1 fully saturated rings. The minimum Gasteiger partial charge on any atom is -0.339 e. The Labute approximate surface area is 129 Å². The van der Waals surface area contributed by atoms with Crippen molar-refractivity contribution in [2.75, 3.05) is 6.54 Å². The van der Waals surface area contributed by atoms with Crippen LogP contribution in [0.2, 0.25) is 0 Å². The molecule has 3 atom stereocenters. The Balaban J connectivity index is 1.97. The average Bonchev–Trinajstić information content (AvgIpc) is 2.95. The summed E-state index contributed by atoms with van der Waals surface area (Å²) in [5, 5.41) is 7.77. The molecule has 0 saturated heterocycles. The van der Waals surface area contributed by atoms with E-state index in [1.807, 2.05) is 0 Å². The molecule has 21 heavy (non-hydrogen) atoms. The Morgan fingerprint density at radius 2 is 2.10 bits per heavy atom. The van der Waals surface area contributed by atoms with Gasteiger partial charge in [-0.25, -0.2) is 0 Å². The van der Waals surface area contributed by atoms with Gasteiger partial charge in [-0.05, 0) is 31.2 Å². The lowest BCUT2D eigenvalue weighted by Gasteiger charge is -2.26. The highest BCUT2D eigenvalue weighted by molar-refractivity contribution is 4.99. The molecule has 4 heteroatoms. The number of nitrogens with zero attached hydrogens (tertiary/aromatic N) is 2. The topological polar surface area (TPSA) is 51.0 Å². The lowest BCUT2D eigenvalue weighted by molar-refractivity contribution is 0.295. The van der Waals surface area contributed by atoms with Crippen molar-refractivity contribution in [3.05, 3.63) is 11.7 Å². The standard InChI is InChI=1S/C17H31N3O/c1-5-13-8-7-9-14(10-13)17-19-16(21-20-17)11-15(12(3)4)18-6-2/h12-15,18H,5-11H2,1-4H3. The number of nitrogens with one attached hydrogen (secondary N) is 1. The summed E-state index contributed by atoms with van der Waals surface area (Å²) < 4.78 is 5.51. The summed E-state index contributed by atoms with van der Waals surface area (Å²) in [7, 11) is 0. The van der Waals surface area contributed by atoms with E-state index >= 15 is 0 Å². The zero-order valence-corrected chi connectivity index (χ0v) is 14.1. The molecule has 0 aliphatic heterocycles. The van der Waals surface area contributed by atoms with E-state index in [1.165, 1.54) is 32.1 Å². The molecule has 0 aromatic carbocycles. The van der Waals surface area contributed by atoms with Crippen LogP contribution in [0.5, 0.6) is 0 Å². The Morgan fingerprint density at radius 3 is 2.76 bits per heavy atom. The molecule has 1 aliphatic rings. The van der Waals surface area contributed by atoms with Crippen molar-refractivity contribution in [3.63, 3.8) is 0 Å². The van der Waals surface area contributed by atoms with Crippen molar-refractivity contribution in [2.45, 2.75) is 78.2 Å². The van der Waals surface area contributed by atoms with Gasteiger partial charge in [0.15, 0.2) is 5.82 Å². The fraction of sp³-hybridized carbons (Fsp3) is 0.882. The first-order valence-electron chi connectivity index (χ1n) is 8.69. The van der Waals surface area contributed by atoms with E-state index in [1.54, 1.807) is 0 Å². The monoisotopic (exact) mass is 293 g/mol. The molecule has 0 radical (unpaired) electrons. The summed E-state index contributed by atoms with van der Waals surface area (Å²) in [5.41, 5.74) is 0. The smallest absolute Gasteiger partial charge is 0.228 e. The first-order chi connectivity index (χ1) is 10.1. The summed E-state index contributed by atoms with van der Waals surface area (Å²) in [5.74, 6) is 3.67. The Hall–Kier alpha value is -0.900. The van der Waals surface area contributed by atoms with Gasteiger partial charge in [-0.1, -0.05) is 52.1 Å². The van der Waals surface area contributed by atoms with E-state index in [0.29, 0.717) is 17.9 Å². The summed E-state index contributed by atoms with van der Waals surface area (Å²) >= 11 is 0. The molecule has 1 aromatic rings. The fourth-order valence-corrected chi connectivity index (χ4v) is 3.41. The van der Waals surface area contributed by atoms with E-state index in [9.17, 15) is 0 Å². The molecular formula is C17H31N3O. The maximum atomic E-state index is 5.51. The minimum atomic E-state index is 0.415. The maximum absolute atomic E-state index is 5.51. The van der Waals surface area contributed by atoms with Crippen LogP contribution < -0.4 is 5.32 Å². The fourth-order valence-electron chi connectivity index (χ4n) is 3.41. The van der Waals surface area contributed by atoms with Gasteiger partial charge in [-0.3, -0.25) is 0 Å². The number of likely N-dealkylation sites (N-methyl/N-ethyl adjacent to an activating group) is 1. The third-order valence-corrected chi connectivity index (χ3v) is 4.87. The number of hydrogen-bond donors (Lipinski definition) is 1. The Morgan fingerprint density at radius 1 is 1.29 bits per heavy atom. The quantitative estimate of drug-likeness (QED) is 0.827. The van der Waals surface area contributed by atoms with Crippen LogP contribution in [0.25, 0.3) is 0 Å². The van der Waals surface area contributed by atoms with Crippen LogP contribution >= 0.6 is 0 Å². The molecule has 0 spiro atoms. The SMILES string of the molecule is CCNC(Cc1nc(C2CCCC(CC)C2)no1)C(C)C. The van der Waals surface area contributed by atoms with E-state index in [2.05, 4.69) is 43.2 Å². The zero-order chi connectivity index (χ0) is 15.2. The third kappa shape index (κ3) is 4.53. The molecule has 1 heterocycles. The highest BCUT2D eigenvalue weighted by atomic mass is 16.5. The van der Waals surface area contributed by atoms with Gasteiger partial charge in [0, 0.05) is 18.4 Å². The van der Waals surface area contributed by atoms with E-state index in [-0.39, 0.29) is 0 Å². The van der Waals surface area contributed by atoms with E-state index < -0.39 is 0 Å². The molecule has 1 N–H and O–H groups in total. The second-order valence-electron chi connectivity index (χ2n) is 6.80. The molecule has 0 bridgehead atoms. The van der Waals surface area contributed by atoms with Gasteiger partial charge in [-0.2, -0.15) is 4.98 Å². The summed E-state index contributed by atoms with van der Waals surface area (Å²) in [6.45, 7) is 9.87. The molecule has 3 unspecified atom stereocenters. The van der Waals surface area contributed by atoms with Gasteiger partial charge >= 0.3 is 0 Å². The van der Waals surface area contributed by atoms with Gasteiger partial charge in [-0.15, -0.1) is 0 Å². The molecule has 0 amide bonds. The van der Waals surface area contributed by atoms with E-state index in [0.717, 1.165) is 30.6 Å². The van der Waals surface area contributed by atoms with Crippen molar-refractivity contribution >= 4 is 0 Å². The van der Waals surface area contributed by atoms with Gasteiger partial charge in [0.2, 0.25) is 5.89 Å². The molecular weight excluding hydrogens is 262 g/mol. The van der Waals surface area contributed by atoms with Crippen LogP contribution in [0.15, 0.2) is 4.52 Å². The largest absolute Gasteiger partial charge is 0.339 e. The summed E-state index contributed by atoms with van der Waals surface area (Å²) in [4.78, 5) is 4.69. The van der Waals surface area contributed by atoms with Gasteiger partial charge in [0.05, 0.1) is 0 Å². The van der Waals surface area contributed by atoms with Crippen LogP contribution in [0.3, 0.4) is 0 Å². The van der Waals surface area contributed by atoms with Crippen molar-refractivity contribution in [1.29, 1.82) is 0 Å². The first-order valence-corrected chi connectivity index (χ1v) is 8.69. The Kier molecular flexibility index (Phi) is 6.22. The lowest BCUT2D eigenvalue weighted by atomic mass is 9.80. The first kappa shape index (κ1) is 16.5. The number of aromatic nitrogens is 2. The number of hydrogen-bond acceptors (Lipinski definition) is 4. The molecule has 1 saturated carbocycles. The highest BCUT2D eigenvalue weighted by Gasteiger charge is 2.26. The summed E-state index contributed by atoms with van der Waals surface area (Å²) in [6.07, 6.45) is 7.23. The second-order valence-corrected chi connectivity index (χ2v) is 6.80. The van der Waals surface area contributed by atoms with Crippen LogP contribution in [-0.2, 0) is 6.42 Å². The molecule has 4 nitrogen and oxygen atoms in total. The number of rotatable bonds is 7. The average molecular weight is 293 g/mol. The molecule has 120 valence electrons. The lowest BCUT2D eigenvalue weighted by Crippen LogP contribution is -2.35. The van der Waals surface area contributed by atoms with Crippen LogP contribution in [0.4, 0.5) is 0 Å². The summed E-state index contributed by atoms with van der Waals surface area (Å²) in [6, 6.07) is 0.415. The van der Waals surface area contributed by atoms with E-state index in [4.69, 9.17) is 4.52 Å². The molecule has 1 aliphatic carbocycles. The Bertz CT molecular complexity index is 416. The van der Waals surface area contributed by atoms with Gasteiger partial charge in [0.1, 0.15) is 0 Å². The third-order valence-electron chi connectivity index (χ3n) is 4.87. The van der Waals surface area contributed by atoms with Crippen LogP contribution in [0, 0.1) is 11.8 Å².